The number of nitrogens with one attached hydrogen (secondary N) is 1. The number of carbonyl (C=O) groups is 2. The van der Waals surface area contributed by atoms with Crippen molar-refractivity contribution in [3.63, 3.8) is 0 Å². The number of aromatic nitrogens is 1. The molecule has 19 heavy (non-hydrogen) atoms. The summed E-state index contributed by atoms with van der Waals surface area (Å²) in [5.41, 5.74) is 1.86. The standard InChI is InChI=1S/C13H12N2O4/c1-7-5-9(13(17)18)3-4-10(7)15-12(16)11-8(2)14-6-19-11/h3-6H,1-2H3,(H,15,16)(H,17,18). The van der Waals surface area contributed by atoms with Crippen LogP contribution in [0, 0.1) is 13.8 Å². The van der Waals surface area contributed by atoms with Gasteiger partial charge in [0.25, 0.3) is 5.91 Å². The molecule has 1 amide bonds. The van der Waals surface area contributed by atoms with Crippen molar-refractivity contribution in [1.29, 1.82) is 0 Å². The van der Waals surface area contributed by atoms with Gasteiger partial charge in [-0.25, -0.2) is 9.78 Å². The number of nitrogens with zero attached hydrogens (tertiary/aromatic N) is 1. The maximum Gasteiger partial charge on any atom is 0.335 e. The monoisotopic (exact) mass is 260 g/mol. The van der Waals surface area contributed by atoms with Gasteiger partial charge >= 0.3 is 5.97 Å². The topological polar surface area (TPSA) is 92.4 Å². The van der Waals surface area contributed by atoms with Crippen LogP contribution in [0.1, 0.15) is 32.2 Å². The summed E-state index contributed by atoms with van der Waals surface area (Å²) in [5, 5.41) is 11.5. The molecule has 1 aromatic heterocycles. The smallest absolute Gasteiger partial charge is 0.335 e. The quantitative estimate of drug-likeness (QED) is 0.882. The van der Waals surface area contributed by atoms with E-state index < -0.39 is 11.9 Å². The van der Waals surface area contributed by atoms with Crippen molar-refractivity contribution in [1.82, 2.24) is 4.98 Å². The summed E-state index contributed by atoms with van der Waals surface area (Å²) < 4.78 is 4.98. The number of aromatic carboxylic acids is 1. The zero-order valence-corrected chi connectivity index (χ0v) is 10.4. The van der Waals surface area contributed by atoms with Crippen molar-refractivity contribution in [2.45, 2.75) is 13.8 Å². The molecule has 6 nitrogen and oxygen atoms in total. The summed E-state index contributed by atoms with van der Waals surface area (Å²) in [6.45, 7) is 3.38. The molecule has 0 aliphatic heterocycles. The van der Waals surface area contributed by atoms with Crippen LogP contribution in [0.5, 0.6) is 0 Å². The van der Waals surface area contributed by atoms with Crippen molar-refractivity contribution in [2.75, 3.05) is 5.32 Å². The number of oxazole rings is 1. The number of benzene rings is 1. The molecule has 98 valence electrons. The number of aryl methyl sites for hydroxylation is 2. The molecule has 2 aromatic rings. The number of amides is 1. The Morgan fingerprint density at radius 3 is 2.58 bits per heavy atom. The van der Waals surface area contributed by atoms with E-state index in [9.17, 15) is 9.59 Å². The third kappa shape index (κ3) is 2.62. The van der Waals surface area contributed by atoms with Crippen LogP contribution in [0.3, 0.4) is 0 Å². The lowest BCUT2D eigenvalue weighted by Crippen LogP contribution is -2.13. The maximum atomic E-state index is 11.9. The molecular weight excluding hydrogens is 248 g/mol. The molecule has 0 aliphatic carbocycles. The molecule has 0 bridgehead atoms. The van der Waals surface area contributed by atoms with Gasteiger partial charge in [-0.1, -0.05) is 0 Å². The average molecular weight is 260 g/mol. The molecule has 0 saturated carbocycles. The predicted molar refractivity (Wildman–Crippen MR) is 67.3 cm³/mol. The zero-order valence-electron chi connectivity index (χ0n) is 10.4. The molecule has 2 rings (SSSR count). The molecule has 6 heteroatoms. The highest BCUT2D eigenvalue weighted by Gasteiger charge is 2.15. The number of anilines is 1. The van der Waals surface area contributed by atoms with Gasteiger partial charge in [0.2, 0.25) is 5.76 Å². The number of hydrogen-bond donors (Lipinski definition) is 2. The van der Waals surface area contributed by atoms with Gasteiger partial charge in [0.05, 0.1) is 11.3 Å². The van der Waals surface area contributed by atoms with E-state index in [0.717, 1.165) is 0 Å². The molecule has 0 saturated heterocycles. The summed E-state index contributed by atoms with van der Waals surface area (Å²) in [5.74, 6) is -1.28. The third-order valence-corrected chi connectivity index (χ3v) is 2.67. The lowest BCUT2D eigenvalue weighted by molar-refractivity contribution is 0.0696. The molecular formula is C13H12N2O4. The first-order valence-corrected chi connectivity index (χ1v) is 5.54. The molecule has 0 aliphatic rings. The molecule has 2 N–H and O–H groups in total. The minimum Gasteiger partial charge on any atom is -0.478 e. The summed E-state index contributed by atoms with van der Waals surface area (Å²) in [6.07, 6.45) is 1.20. The van der Waals surface area contributed by atoms with Crippen LogP contribution in [-0.4, -0.2) is 22.0 Å². The third-order valence-electron chi connectivity index (χ3n) is 2.67. The highest BCUT2D eigenvalue weighted by Crippen LogP contribution is 2.18. The predicted octanol–water partition coefficient (Wildman–Crippen LogP) is 2.24. The Bertz CT molecular complexity index is 646. The first-order valence-electron chi connectivity index (χ1n) is 5.54. The molecule has 0 spiro atoms. The fourth-order valence-electron chi connectivity index (χ4n) is 1.64. The van der Waals surface area contributed by atoms with E-state index in [2.05, 4.69) is 10.3 Å². The van der Waals surface area contributed by atoms with Gasteiger partial charge in [-0.2, -0.15) is 0 Å². The van der Waals surface area contributed by atoms with Crippen molar-refractivity contribution < 1.29 is 19.1 Å². The van der Waals surface area contributed by atoms with Gasteiger partial charge in [0.1, 0.15) is 0 Å². The van der Waals surface area contributed by atoms with E-state index in [4.69, 9.17) is 9.52 Å². The van der Waals surface area contributed by atoms with Gasteiger partial charge in [0, 0.05) is 5.69 Å². The van der Waals surface area contributed by atoms with Gasteiger partial charge in [0.15, 0.2) is 6.39 Å². The zero-order chi connectivity index (χ0) is 14.0. The Morgan fingerprint density at radius 2 is 2.05 bits per heavy atom. The lowest BCUT2D eigenvalue weighted by Gasteiger charge is -2.08. The second kappa shape index (κ2) is 4.93. The molecule has 0 radical (unpaired) electrons. The molecule has 0 unspecified atom stereocenters. The van der Waals surface area contributed by atoms with Gasteiger partial charge < -0.3 is 14.8 Å². The number of hydrogen-bond acceptors (Lipinski definition) is 4. The molecule has 1 heterocycles. The van der Waals surface area contributed by atoms with Crippen LogP contribution in [0.25, 0.3) is 0 Å². The van der Waals surface area contributed by atoms with Crippen molar-refractivity contribution >= 4 is 17.6 Å². The second-order valence-corrected chi connectivity index (χ2v) is 4.06. The van der Waals surface area contributed by atoms with Crippen molar-refractivity contribution in [2.24, 2.45) is 0 Å². The van der Waals surface area contributed by atoms with Crippen LogP contribution in [0.2, 0.25) is 0 Å². The van der Waals surface area contributed by atoms with E-state index in [1.54, 1.807) is 19.9 Å². The molecule has 0 atom stereocenters. The van der Waals surface area contributed by atoms with Gasteiger partial charge in [-0.05, 0) is 37.6 Å². The Kier molecular flexibility index (Phi) is 3.33. The fourth-order valence-corrected chi connectivity index (χ4v) is 1.64. The fraction of sp³-hybridized carbons (Fsp3) is 0.154. The Morgan fingerprint density at radius 1 is 1.32 bits per heavy atom. The number of rotatable bonds is 3. The van der Waals surface area contributed by atoms with E-state index in [1.165, 1.54) is 18.5 Å². The highest BCUT2D eigenvalue weighted by molar-refractivity contribution is 6.03. The molecule has 1 aromatic carbocycles. The normalized spacial score (nSPS) is 10.2. The van der Waals surface area contributed by atoms with Crippen molar-refractivity contribution in [3.8, 4) is 0 Å². The number of carboxylic acids is 1. The minimum atomic E-state index is -1.01. The van der Waals surface area contributed by atoms with Crippen LogP contribution in [-0.2, 0) is 0 Å². The number of carbonyl (C=O) groups excluding carboxylic acids is 1. The Hall–Kier alpha value is -2.63. The summed E-state index contributed by atoms with van der Waals surface area (Å²) in [7, 11) is 0. The minimum absolute atomic E-state index is 0.140. The van der Waals surface area contributed by atoms with E-state index in [1.807, 2.05) is 0 Å². The summed E-state index contributed by atoms with van der Waals surface area (Å²) in [4.78, 5) is 26.5. The largest absolute Gasteiger partial charge is 0.478 e. The van der Waals surface area contributed by atoms with E-state index >= 15 is 0 Å². The average Bonchev–Trinajstić information content (AvgIpc) is 2.77. The summed E-state index contributed by atoms with van der Waals surface area (Å²) >= 11 is 0. The highest BCUT2D eigenvalue weighted by atomic mass is 16.4. The Labute approximate surface area is 109 Å². The molecule has 0 fully saturated rings. The number of carboxylic acid groups (broad SMARTS) is 1. The Balaban J connectivity index is 2.23. The summed E-state index contributed by atoms with van der Waals surface area (Å²) in [6, 6.07) is 4.46. The van der Waals surface area contributed by atoms with Gasteiger partial charge in [-0.3, -0.25) is 4.79 Å². The van der Waals surface area contributed by atoms with Crippen LogP contribution in [0.15, 0.2) is 29.0 Å². The van der Waals surface area contributed by atoms with E-state index in [-0.39, 0.29) is 11.3 Å². The van der Waals surface area contributed by atoms with Crippen LogP contribution in [0.4, 0.5) is 5.69 Å². The lowest BCUT2D eigenvalue weighted by atomic mass is 10.1. The van der Waals surface area contributed by atoms with Gasteiger partial charge in [-0.15, -0.1) is 0 Å². The second-order valence-electron chi connectivity index (χ2n) is 4.06. The first-order chi connectivity index (χ1) is 8.99. The SMILES string of the molecule is Cc1cc(C(=O)O)ccc1NC(=O)c1ocnc1C. The van der Waals surface area contributed by atoms with E-state index in [0.29, 0.717) is 16.9 Å². The first kappa shape index (κ1) is 12.8. The van der Waals surface area contributed by atoms with Crippen LogP contribution >= 0.6 is 0 Å². The van der Waals surface area contributed by atoms with Crippen LogP contribution < -0.4 is 5.32 Å². The van der Waals surface area contributed by atoms with Crippen molar-refractivity contribution in [3.05, 3.63) is 47.2 Å². The maximum absolute atomic E-state index is 11.9.